The molecular formula is C28H36N4O2S. The maximum Gasteiger partial charge on any atom is 0.253 e. The van der Waals surface area contributed by atoms with Crippen LogP contribution in [0.5, 0.6) is 0 Å². The van der Waals surface area contributed by atoms with Gasteiger partial charge in [-0.15, -0.1) is 0 Å². The number of nitrogens with one attached hydrogen (secondary N) is 2. The minimum atomic E-state index is -0.0525. The van der Waals surface area contributed by atoms with Gasteiger partial charge in [0.05, 0.1) is 31.3 Å². The molecule has 4 rings (SSSR count). The lowest BCUT2D eigenvalue weighted by molar-refractivity contribution is 0.0367. The molecule has 0 spiro atoms. The van der Waals surface area contributed by atoms with Gasteiger partial charge in [0.25, 0.3) is 5.56 Å². The van der Waals surface area contributed by atoms with E-state index in [1.54, 1.807) is 0 Å². The van der Waals surface area contributed by atoms with E-state index in [1.807, 2.05) is 24.3 Å². The summed E-state index contributed by atoms with van der Waals surface area (Å²) in [4.78, 5) is 20.7. The summed E-state index contributed by atoms with van der Waals surface area (Å²) >= 11 is 5.87. The van der Waals surface area contributed by atoms with Crippen molar-refractivity contribution in [3.8, 4) is 0 Å². The van der Waals surface area contributed by atoms with Crippen molar-refractivity contribution in [1.29, 1.82) is 0 Å². The lowest BCUT2D eigenvalue weighted by Crippen LogP contribution is -2.43. The Kier molecular flexibility index (Phi) is 8.55. The van der Waals surface area contributed by atoms with Crippen molar-refractivity contribution in [2.24, 2.45) is 0 Å². The van der Waals surface area contributed by atoms with Gasteiger partial charge in [-0.25, -0.2) is 0 Å². The highest BCUT2D eigenvalue weighted by molar-refractivity contribution is 7.80. The van der Waals surface area contributed by atoms with Gasteiger partial charge in [0.15, 0.2) is 5.11 Å². The van der Waals surface area contributed by atoms with E-state index in [2.05, 4.69) is 65.1 Å². The molecule has 1 aromatic heterocycles. The number of aromatic nitrogens is 1. The van der Waals surface area contributed by atoms with Gasteiger partial charge < -0.3 is 19.9 Å². The number of fused-ring (bicyclic) bond motifs is 1. The fourth-order valence-corrected chi connectivity index (χ4v) is 4.89. The summed E-state index contributed by atoms with van der Waals surface area (Å²) in [5, 5.41) is 5.21. The molecular weight excluding hydrogens is 456 g/mol. The minimum absolute atomic E-state index is 0.0525. The Morgan fingerprint density at radius 3 is 2.66 bits per heavy atom. The molecule has 2 N–H and O–H groups in total. The number of thiocarbonyl (C=S) groups is 1. The molecule has 0 aliphatic carbocycles. The standard InChI is InChI=1S/C28H36N4O2S/c1-20-10-11-24-18-25(27(33)30-26(24)21(20)2)19-32(13-7-12-31-14-16-34-17-15-31)28(35)29-22(3)23-8-5-4-6-9-23/h4-6,8-11,18,22H,7,12-17,19H2,1-3H3,(H,29,35)(H,30,33). The van der Waals surface area contributed by atoms with Gasteiger partial charge in [-0.05, 0) is 67.6 Å². The number of H-pyrrole nitrogens is 1. The largest absolute Gasteiger partial charge is 0.379 e. The number of ether oxygens (including phenoxy) is 1. The second kappa shape index (κ2) is 11.8. The van der Waals surface area contributed by atoms with Crippen molar-refractivity contribution in [2.45, 2.75) is 39.8 Å². The lowest BCUT2D eigenvalue weighted by atomic mass is 10.0. The smallest absolute Gasteiger partial charge is 0.253 e. The lowest BCUT2D eigenvalue weighted by Gasteiger charge is -2.30. The summed E-state index contributed by atoms with van der Waals surface area (Å²) in [5.74, 6) is 0. The summed E-state index contributed by atoms with van der Waals surface area (Å²) in [5.41, 5.74) is 5.05. The molecule has 0 radical (unpaired) electrons. The first-order valence-corrected chi connectivity index (χ1v) is 12.9. The Labute approximate surface area is 213 Å². The molecule has 1 aliphatic rings. The fraction of sp³-hybridized carbons (Fsp3) is 0.429. The Bertz CT molecular complexity index is 1200. The van der Waals surface area contributed by atoms with Crippen LogP contribution in [0.15, 0.2) is 53.3 Å². The number of aryl methyl sites for hydroxylation is 2. The molecule has 3 aromatic rings. The first-order chi connectivity index (χ1) is 16.9. The fourth-order valence-electron chi connectivity index (χ4n) is 4.56. The van der Waals surface area contributed by atoms with E-state index in [0.717, 1.165) is 67.8 Å². The third-order valence-corrected chi connectivity index (χ3v) is 7.30. The van der Waals surface area contributed by atoms with E-state index >= 15 is 0 Å². The van der Waals surface area contributed by atoms with Crippen molar-refractivity contribution < 1.29 is 4.74 Å². The second-order valence-electron chi connectivity index (χ2n) is 9.41. The SMILES string of the molecule is Cc1ccc2cc(CN(CCCN3CCOCC3)C(=S)NC(C)c3ccccc3)c(=O)[nH]c2c1C. The number of rotatable bonds is 8. The van der Waals surface area contributed by atoms with Crippen LogP contribution in [0.3, 0.4) is 0 Å². The molecule has 1 saturated heterocycles. The van der Waals surface area contributed by atoms with Gasteiger partial charge >= 0.3 is 0 Å². The van der Waals surface area contributed by atoms with Gasteiger partial charge in [0.2, 0.25) is 0 Å². The third-order valence-electron chi connectivity index (χ3n) is 6.92. The summed E-state index contributed by atoms with van der Waals surface area (Å²) in [6, 6.07) is 16.6. The van der Waals surface area contributed by atoms with Crippen molar-refractivity contribution in [2.75, 3.05) is 39.4 Å². The third kappa shape index (κ3) is 6.48. The van der Waals surface area contributed by atoms with Crippen LogP contribution >= 0.6 is 12.2 Å². The Balaban J connectivity index is 1.52. The molecule has 1 atom stereocenters. The highest BCUT2D eigenvalue weighted by atomic mass is 32.1. The van der Waals surface area contributed by atoms with Gasteiger partial charge in [-0.1, -0.05) is 42.5 Å². The van der Waals surface area contributed by atoms with Gasteiger partial charge in [-0.2, -0.15) is 0 Å². The molecule has 1 fully saturated rings. The second-order valence-corrected chi connectivity index (χ2v) is 9.79. The Morgan fingerprint density at radius 1 is 1.17 bits per heavy atom. The molecule has 7 heteroatoms. The summed E-state index contributed by atoms with van der Waals surface area (Å²) in [6.45, 7) is 12.0. The van der Waals surface area contributed by atoms with Crippen molar-refractivity contribution in [3.05, 3.63) is 81.1 Å². The van der Waals surface area contributed by atoms with Crippen LogP contribution < -0.4 is 10.9 Å². The Hall–Kier alpha value is -2.74. The number of nitrogens with zero attached hydrogens (tertiary/aromatic N) is 2. The summed E-state index contributed by atoms with van der Waals surface area (Å²) in [7, 11) is 0. The highest BCUT2D eigenvalue weighted by Crippen LogP contribution is 2.20. The van der Waals surface area contributed by atoms with Gasteiger partial charge in [-0.3, -0.25) is 9.69 Å². The van der Waals surface area contributed by atoms with Crippen LogP contribution in [-0.2, 0) is 11.3 Å². The zero-order chi connectivity index (χ0) is 24.8. The van der Waals surface area contributed by atoms with Crippen LogP contribution in [0.1, 0.15) is 41.6 Å². The molecule has 1 unspecified atom stereocenters. The van der Waals surface area contributed by atoms with Crippen LogP contribution in [0.25, 0.3) is 10.9 Å². The monoisotopic (exact) mass is 492 g/mol. The van der Waals surface area contributed by atoms with E-state index < -0.39 is 0 Å². The van der Waals surface area contributed by atoms with E-state index in [4.69, 9.17) is 17.0 Å². The number of aromatic amines is 1. The van der Waals surface area contributed by atoms with Gasteiger partial charge in [0, 0.05) is 31.7 Å². The van der Waals surface area contributed by atoms with E-state index in [1.165, 1.54) is 11.1 Å². The maximum atomic E-state index is 13.1. The normalized spacial score (nSPS) is 15.2. The maximum absolute atomic E-state index is 13.1. The minimum Gasteiger partial charge on any atom is -0.379 e. The first-order valence-electron chi connectivity index (χ1n) is 12.4. The molecule has 186 valence electrons. The van der Waals surface area contributed by atoms with Crippen LogP contribution in [0.2, 0.25) is 0 Å². The molecule has 35 heavy (non-hydrogen) atoms. The first kappa shape index (κ1) is 25.4. The van der Waals surface area contributed by atoms with E-state index in [-0.39, 0.29) is 11.6 Å². The predicted octanol–water partition coefficient (Wildman–Crippen LogP) is 4.30. The predicted molar refractivity (Wildman–Crippen MR) is 147 cm³/mol. The molecule has 6 nitrogen and oxygen atoms in total. The highest BCUT2D eigenvalue weighted by Gasteiger charge is 2.17. The van der Waals surface area contributed by atoms with Crippen LogP contribution in [0, 0.1) is 13.8 Å². The molecule has 0 amide bonds. The zero-order valence-corrected chi connectivity index (χ0v) is 21.8. The van der Waals surface area contributed by atoms with Gasteiger partial charge in [0.1, 0.15) is 0 Å². The zero-order valence-electron chi connectivity index (χ0n) is 21.0. The number of hydrogen-bond donors (Lipinski definition) is 2. The van der Waals surface area contributed by atoms with Crippen LogP contribution in [-0.4, -0.2) is 59.3 Å². The average molecular weight is 493 g/mol. The molecule has 0 bridgehead atoms. The number of pyridine rings is 1. The van der Waals surface area contributed by atoms with Crippen molar-refractivity contribution in [3.63, 3.8) is 0 Å². The number of benzene rings is 2. The van der Waals surface area contributed by atoms with Crippen molar-refractivity contribution in [1.82, 2.24) is 20.1 Å². The molecule has 0 saturated carbocycles. The Morgan fingerprint density at radius 2 is 1.91 bits per heavy atom. The quantitative estimate of drug-likeness (QED) is 0.457. The van der Waals surface area contributed by atoms with E-state index in [0.29, 0.717) is 11.7 Å². The van der Waals surface area contributed by atoms with E-state index in [9.17, 15) is 4.79 Å². The summed E-state index contributed by atoms with van der Waals surface area (Å²) in [6.07, 6.45) is 0.964. The molecule has 2 aromatic carbocycles. The number of morpholine rings is 1. The molecule has 1 aliphatic heterocycles. The molecule has 2 heterocycles. The topological polar surface area (TPSA) is 60.6 Å². The average Bonchev–Trinajstić information content (AvgIpc) is 2.87. The number of hydrogen-bond acceptors (Lipinski definition) is 4. The van der Waals surface area contributed by atoms with Crippen LogP contribution in [0.4, 0.5) is 0 Å². The van der Waals surface area contributed by atoms with Crippen molar-refractivity contribution >= 4 is 28.2 Å². The summed E-state index contributed by atoms with van der Waals surface area (Å²) < 4.78 is 5.47.